The highest BCUT2D eigenvalue weighted by Gasteiger charge is 2.38. The van der Waals surface area contributed by atoms with Gasteiger partial charge in [-0.05, 0) is 12.8 Å². The van der Waals surface area contributed by atoms with E-state index in [1.165, 1.54) is 0 Å². The summed E-state index contributed by atoms with van der Waals surface area (Å²) in [5.74, 6) is -0.569. The molecule has 1 fully saturated rings. The molecule has 0 radical (unpaired) electrons. The second-order valence-electron chi connectivity index (χ2n) is 4.13. The Balaban J connectivity index is 2.04. The quantitative estimate of drug-likeness (QED) is 0.850. The number of nitrogens with one attached hydrogen (secondary N) is 1. The van der Waals surface area contributed by atoms with E-state index in [2.05, 4.69) is 15.5 Å². The standard InChI is InChI=1S/C9H11F3N4O2S/c10-9(11,12)6-15-16-7(19-6)14-5(17)8(13)1-3-18-4-2-8/h1-4,13H2,(H,14,16,17). The van der Waals surface area contributed by atoms with Gasteiger partial charge >= 0.3 is 6.18 Å². The van der Waals surface area contributed by atoms with E-state index in [1.807, 2.05) is 0 Å². The average molecular weight is 296 g/mol. The molecule has 2 heterocycles. The van der Waals surface area contributed by atoms with E-state index in [-0.39, 0.29) is 16.5 Å². The zero-order valence-corrected chi connectivity index (χ0v) is 10.5. The molecule has 1 aromatic heterocycles. The number of anilines is 1. The monoisotopic (exact) mass is 296 g/mol. The summed E-state index contributed by atoms with van der Waals surface area (Å²) in [6, 6.07) is 0. The molecule has 0 saturated carbocycles. The normalized spacial score (nSPS) is 19.2. The van der Waals surface area contributed by atoms with Crippen molar-refractivity contribution in [2.45, 2.75) is 24.6 Å². The molecule has 3 N–H and O–H groups in total. The maximum atomic E-state index is 12.3. The van der Waals surface area contributed by atoms with Gasteiger partial charge in [-0.15, -0.1) is 10.2 Å². The molecular weight excluding hydrogens is 285 g/mol. The van der Waals surface area contributed by atoms with E-state index >= 15 is 0 Å². The molecule has 10 heteroatoms. The van der Waals surface area contributed by atoms with Gasteiger partial charge in [0.2, 0.25) is 16.0 Å². The van der Waals surface area contributed by atoms with Gasteiger partial charge in [-0.1, -0.05) is 11.3 Å². The average Bonchev–Trinajstić information content (AvgIpc) is 2.78. The van der Waals surface area contributed by atoms with E-state index < -0.39 is 22.6 Å². The number of carbonyl (C=O) groups is 1. The first-order chi connectivity index (χ1) is 8.81. The van der Waals surface area contributed by atoms with Crippen LogP contribution in [-0.4, -0.2) is 34.9 Å². The number of rotatable bonds is 2. The number of carbonyl (C=O) groups excluding carboxylic acids is 1. The fraction of sp³-hybridized carbons (Fsp3) is 0.667. The van der Waals surface area contributed by atoms with Crippen molar-refractivity contribution in [3.8, 4) is 0 Å². The van der Waals surface area contributed by atoms with Crippen LogP contribution in [0.15, 0.2) is 0 Å². The molecule has 0 unspecified atom stereocenters. The predicted octanol–water partition coefficient (Wildman–Crippen LogP) is 1.00. The third-order valence-electron chi connectivity index (χ3n) is 2.73. The number of alkyl halides is 3. The highest BCUT2D eigenvalue weighted by atomic mass is 32.1. The first-order valence-electron chi connectivity index (χ1n) is 5.40. The summed E-state index contributed by atoms with van der Waals surface area (Å²) in [4.78, 5) is 11.9. The topological polar surface area (TPSA) is 90.1 Å². The lowest BCUT2D eigenvalue weighted by Crippen LogP contribution is -2.54. The van der Waals surface area contributed by atoms with Gasteiger partial charge in [0, 0.05) is 13.2 Å². The first-order valence-corrected chi connectivity index (χ1v) is 6.22. The van der Waals surface area contributed by atoms with Gasteiger partial charge < -0.3 is 10.5 Å². The van der Waals surface area contributed by atoms with Crippen molar-refractivity contribution >= 4 is 22.4 Å². The molecule has 0 aromatic carbocycles. The molecule has 106 valence electrons. The molecular formula is C9H11F3N4O2S. The van der Waals surface area contributed by atoms with Crippen molar-refractivity contribution in [1.29, 1.82) is 0 Å². The molecule has 0 bridgehead atoms. The summed E-state index contributed by atoms with van der Waals surface area (Å²) >= 11 is 0.265. The summed E-state index contributed by atoms with van der Waals surface area (Å²) in [5, 5.41) is 7.20. The molecule has 1 saturated heterocycles. The van der Waals surface area contributed by atoms with E-state index in [0.29, 0.717) is 26.1 Å². The first kappa shape index (κ1) is 14.2. The number of halogens is 3. The molecule has 2 rings (SSSR count). The number of nitrogens with zero attached hydrogens (tertiary/aromatic N) is 2. The smallest absolute Gasteiger partial charge is 0.381 e. The van der Waals surface area contributed by atoms with Gasteiger partial charge in [0.1, 0.15) is 5.54 Å². The van der Waals surface area contributed by atoms with Crippen molar-refractivity contribution in [3.63, 3.8) is 0 Å². The van der Waals surface area contributed by atoms with E-state index in [4.69, 9.17) is 10.5 Å². The Hall–Kier alpha value is -1.26. The van der Waals surface area contributed by atoms with Gasteiger partial charge in [-0.3, -0.25) is 10.1 Å². The maximum Gasteiger partial charge on any atom is 0.445 e. The SMILES string of the molecule is NC1(C(=O)Nc2nnc(C(F)(F)F)s2)CCOCC1. The minimum atomic E-state index is -4.57. The van der Waals surface area contributed by atoms with E-state index in [1.54, 1.807) is 0 Å². The summed E-state index contributed by atoms with van der Waals surface area (Å²) in [6.45, 7) is 0.682. The van der Waals surface area contributed by atoms with E-state index in [0.717, 1.165) is 0 Å². The molecule has 1 aromatic rings. The van der Waals surface area contributed by atoms with Crippen LogP contribution in [0.2, 0.25) is 0 Å². The van der Waals surface area contributed by atoms with Crippen LogP contribution in [0, 0.1) is 0 Å². The Morgan fingerprint density at radius 1 is 1.37 bits per heavy atom. The van der Waals surface area contributed by atoms with Gasteiger partial charge in [-0.25, -0.2) is 0 Å². The van der Waals surface area contributed by atoms with Crippen molar-refractivity contribution in [1.82, 2.24) is 10.2 Å². The zero-order chi connectivity index (χ0) is 14.1. The van der Waals surface area contributed by atoms with Crippen LogP contribution in [-0.2, 0) is 15.7 Å². The number of hydrogen-bond acceptors (Lipinski definition) is 6. The fourth-order valence-electron chi connectivity index (χ4n) is 1.57. The summed E-state index contributed by atoms with van der Waals surface area (Å²) in [5.41, 5.74) is 4.75. The Bertz CT molecular complexity index is 470. The summed E-state index contributed by atoms with van der Waals surface area (Å²) in [6.07, 6.45) is -3.95. The minimum Gasteiger partial charge on any atom is -0.381 e. The lowest BCUT2D eigenvalue weighted by atomic mass is 9.90. The second kappa shape index (κ2) is 5.02. The zero-order valence-electron chi connectivity index (χ0n) is 9.66. The molecule has 0 spiro atoms. The number of aromatic nitrogens is 2. The highest BCUT2D eigenvalue weighted by Crippen LogP contribution is 2.33. The molecule has 1 amide bonds. The Morgan fingerprint density at radius 3 is 2.53 bits per heavy atom. The summed E-state index contributed by atoms with van der Waals surface area (Å²) < 4.78 is 42.0. The molecule has 1 aliphatic rings. The molecule has 0 atom stereocenters. The van der Waals surface area contributed by atoms with Crippen LogP contribution in [0.25, 0.3) is 0 Å². The van der Waals surface area contributed by atoms with Crippen LogP contribution in [0.5, 0.6) is 0 Å². The molecule has 19 heavy (non-hydrogen) atoms. The largest absolute Gasteiger partial charge is 0.445 e. The number of ether oxygens (including phenoxy) is 1. The fourth-order valence-corrected chi connectivity index (χ4v) is 2.18. The van der Waals surface area contributed by atoms with Crippen LogP contribution in [0.4, 0.5) is 18.3 Å². The van der Waals surface area contributed by atoms with Gasteiger partial charge in [-0.2, -0.15) is 13.2 Å². The molecule has 6 nitrogen and oxygen atoms in total. The van der Waals surface area contributed by atoms with Crippen LogP contribution >= 0.6 is 11.3 Å². The van der Waals surface area contributed by atoms with Crippen molar-refractivity contribution in [2.75, 3.05) is 18.5 Å². The lowest BCUT2D eigenvalue weighted by molar-refractivity contribution is -0.138. The van der Waals surface area contributed by atoms with Gasteiger partial charge in [0.05, 0.1) is 0 Å². The number of nitrogens with two attached hydrogens (primary N) is 1. The Kier molecular flexibility index (Phi) is 3.74. The van der Waals surface area contributed by atoms with Crippen molar-refractivity contribution in [2.24, 2.45) is 5.73 Å². The van der Waals surface area contributed by atoms with Crippen LogP contribution in [0.1, 0.15) is 17.8 Å². The maximum absolute atomic E-state index is 12.3. The number of hydrogen-bond donors (Lipinski definition) is 2. The molecule has 1 aliphatic heterocycles. The Morgan fingerprint density at radius 2 is 2.00 bits per heavy atom. The van der Waals surface area contributed by atoms with Crippen molar-refractivity contribution in [3.05, 3.63) is 5.01 Å². The summed E-state index contributed by atoms with van der Waals surface area (Å²) in [7, 11) is 0. The lowest BCUT2D eigenvalue weighted by Gasteiger charge is -2.31. The minimum absolute atomic E-state index is 0.214. The molecule has 0 aliphatic carbocycles. The second-order valence-corrected chi connectivity index (χ2v) is 5.11. The number of amides is 1. The van der Waals surface area contributed by atoms with Gasteiger partial charge in [0.25, 0.3) is 0 Å². The predicted molar refractivity (Wildman–Crippen MR) is 60.5 cm³/mol. The van der Waals surface area contributed by atoms with Gasteiger partial charge in [0.15, 0.2) is 0 Å². The van der Waals surface area contributed by atoms with Crippen LogP contribution < -0.4 is 11.1 Å². The van der Waals surface area contributed by atoms with Crippen LogP contribution in [0.3, 0.4) is 0 Å². The van der Waals surface area contributed by atoms with E-state index in [9.17, 15) is 18.0 Å². The highest BCUT2D eigenvalue weighted by molar-refractivity contribution is 7.15. The van der Waals surface area contributed by atoms with Crippen molar-refractivity contribution < 1.29 is 22.7 Å². The third-order valence-corrected chi connectivity index (χ3v) is 3.61. The Labute approximate surface area is 110 Å². The third kappa shape index (κ3) is 3.19.